The number of para-hydroxylation sites is 1. The number of methoxy groups -OCH3 is 1. The predicted molar refractivity (Wildman–Crippen MR) is 87.7 cm³/mol. The first-order valence-electron chi connectivity index (χ1n) is 7.39. The number of hydrogen-bond acceptors (Lipinski definition) is 4. The molecule has 2 heterocycles. The maximum Gasteiger partial charge on any atom is 0.316 e. The molecular weight excluding hydrogens is 292 g/mol. The summed E-state index contributed by atoms with van der Waals surface area (Å²) in [6.45, 7) is 2.62. The number of aromatic nitrogens is 3. The molecule has 0 atom stereocenters. The van der Waals surface area contributed by atoms with E-state index in [-0.39, 0.29) is 11.9 Å². The van der Waals surface area contributed by atoms with Crippen LogP contribution in [0.15, 0.2) is 36.8 Å². The van der Waals surface area contributed by atoms with Crippen molar-refractivity contribution in [2.24, 2.45) is 0 Å². The molecule has 0 fully saturated rings. The highest BCUT2D eigenvalue weighted by Gasteiger charge is 2.09. The SMILES string of the molecule is COc1ncc(C(=O)NCCc2c[nH]c3c(C)cccc23)cn1. The van der Waals surface area contributed by atoms with Gasteiger partial charge < -0.3 is 15.0 Å². The van der Waals surface area contributed by atoms with E-state index >= 15 is 0 Å². The Bertz CT molecular complexity index is 824. The Balaban J connectivity index is 1.61. The molecule has 0 aliphatic carbocycles. The molecule has 118 valence electrons. The van der Waals surface area contributed by atoms with E-state index < -0.39 is 0 Å². The van der Waals surface area contributed by atoms with Crippen LogP contribution in [0.4, 0.5) is 0 Å². The molecule has 0 radical (unpaired) electrons. The normalized spacial score (nSPS) is 10.7. The van der Waals surface area contributed by atoms with Crippen molar-refractivity contribution in [2.75, 3.05) is 13.7 Å². The lowest BCUT2D eigenvalue weighted by molar-refractivity contribution is 0.0953. The maximum atomic E-state index is 12.1. The first kappa shape index (κ1) is 15.0. The Hall–Kier alpha value is -2.89. The van der Waals surface area contributed by atoms with Crippen LogP contribution in [0.1, 0.15) is 21.5 Å². The number of nitrogens with one attached hydrogen (secondary N) is 2. The lowest BCUT2D eigenvalue weighted by atomic mass is 10.1. The summed E-state index contributed by atoms with van der Waals surface area (Å²) < 4.78 is 4.87. The van der Waals surface area contributed by atoms with Gasteiger partial charge in [0.1, 0.15) is 0 Å². The van der Waals surface area contributed by atoms with Gasteiger partial charge in [0, 0.05) is 36.0 Å². The van der Waals surface area contributed by atoms with Gasteiger partial charge in [-0.25, -0.2) is 9.97 Å². The first-order valence-corrected chi connectivity index (χ1v) is 7.39. The second-order valence-electron chi connectivity index (χ2n) is 5.28. The Labute approximate surface area is 133 Å². The third-order valence-corrected chi connectivity index (χ3v) is 3.76. The first-order chi connectivity index (χ1) is 11.2. The highest BCUT2D eigenvalue weighted by atomic mass is 16.5. The Morgan fingerprint density at radius 1 is 1.30 bits per heavy atom. The van der Waals surface area contributed by atoms with Gasteiger partial charge in [0.2, 0.25) is 0 Å². The zero-order valence-corrected chi connectivity index (χ0v) is 13.1. The topological polar surface area (TPSA) is 79.9 Å². The van der Waals surface area contributed by atoms with E-state index in [9.17, 15) is 4.79 Å². The third kappa shape index (κ3) is 3.15. The maximum absolute atomic E-state index is 12.1. The van der Waals surface area contributed by atoms with Crippen LogP contribution in [0.2, 0.25) is 0 Å². The average Bonchev–Trinajstić information content (AvgIpc) is 2.99. The number of aromatic amines is 1. The minimum Gasteiger partial charge on any atom is -0.467 e. The molecule has 3 rings (SSSR count). The average molecular weight is 310 g/mol. The van der Waals surface area contributed by atoms with E-state index in [2.05, 4.69) is 39.3 Å². The molecule has 3 aromatic rings. The smallest absolute Gasteiger partial charge is 0.316 e. The summed E-state index contributed by atoms with van der Waals surface area (Å²) in [5, 5.41) is 4.08. The molecule has 0 aliphatic rings. The van der Waals surface area contributed by atoms with Crippen molar-refractivity contribution < 1.29 is 9.53 Å². The number of fused-ring (bicyclic) bond motifs is 1. The van der Waals surface area contributed by atoms with Crippen LogP contribution in [-0.4, -0.2) is 34.5 Å². The molecule has 0 saturated heterocycles. The number of carbonyl (C=O) groups excluding carboxylic acids is 1. The molecule has 23 heavy (non-hydrogen) atoms. The van der Waals surface area contributed by atoms with Gasteiger partial charge in [-0.05, 0) is 24.5 Å². The quantitative estimate of drug-likeness (QED) is 0.757. The molecule has 2 N–H and O–H groups in total. The Morgan fingerprint density at radius 3 is 2.83 bits per heavy atom. The minimum atomic E-state index is -0.191. The van der Waals surface area contributed by atoms with Crippen molar-refractivity contribution in [1.82, 2.24) is 20.3 Å². The van der Waals surface area contributed by atoms with E-state index in [1.807, 2.05) is 12.3 Å². The van der Waals surface area contributed by atoms with Gasteiger partial charge in [-0.15, -0.1) is 0 Å². The second-order valence-corrected chi connectivity index (χ2v) is 5.28. The van der Waals surface area contributed by atoms with Crippen molar-refractivity contribution in [3.8, 4) is 6.01 Å². The number of H-pyrrole nitrogens is 1. The van der Waals surface area contributed by atoms with Gasteiger partial charge in [-0.2, -0.15) is 0 Å². The molecule has 0 spiro atoms. The van der Waals surface area contributed by atoms with Crippen molar-refractivity contribution in [3.05, 3.63) is 53.5 Å². The van der Waals surface area contributed by atoms with Crippen LogP contribution in [0.3, 0.4) is 0 Å². The summed E-state index contributed by atoms with van der Waals surface area (Å²) in [6.07, 6.45) is 5.67. The van der Waals surface area contributed by atoms with Gasteiger partial charge in [-0.3, -0.25) is 4.79 Å². The molecule has 0 aliphatic heterocycles. The summed E-state index contributed by atoms with van der Waals surface area (Å²) in [5.74, 6) is -0.191. The van der Waals surface area contributed by atoms with E-state index in [4.69, 9.17) is 4.74 Å². The molecule has 6 nitrogen and oxygen atoms in total. The van der Waals surface area contributed by atoms with Crippen molar-refractivity contribution in [1.29, 1.82) is 0 Å². The van der Waals surface area contributed by atoms with Crippen LogP contribution in [-0.2, 0) is 6.42 Å². The molecule has 0 unspecified atom stereocenters. The highest BCUT2D eigenvalue weighted by Crippen LogP contribution is 2.21. The number of ether oxygens (including phenoxy) is 1. The molecule has 0 bridgehead atoms. The lowest BCUT2D eigenvalue weighted by Gasteiger charge is -2.05. The number of hydrogen-bond donors (Lipinski definition) is 2. The number of carbonyl (C=O) groups is 1. The lowest BCUT2D eigenvalue weighted by Crippen LogP contribution is -2.25. The van der Waals surface area contributed by atoms with Gasteiger partial charge in [0.15, 0.2) is 0 Å². The predicted octanol–water partition coefficient (Wildman–Crippen LogP) is 2.25. The second kappa shape index (κ2) is 6.48. The largest absolute Gasteiger partial charge is 0.467 e. The Kier molecular flexibility index (Phi) is 4.23. The zero-order chi connectivity index (χ0) is 16.2. The van der Waals surface area contributed by atoms with Crippen LogP contribution in [0, 0.1) is 6.92 Å². The zero-order valence-electron chi connectivity index (χ0n) is 13.1. The van der Waals surface area contributed by atoms with Crippen LogP contribution < -0.4 is 10.1 Å². The summed E-state index contributed by atoms with van der Waals surface area (Å²) in [5.41, 5.74) is 3.97. The minimum absolute atomic E-state index is 0.191. The van der Waals surface area contributed by atoms with Crippen molar-refractivity contribution in [3.63, 3.8) is 0 Å². The monoisotopic (exact) mass is 310 g/mol. The standard InChI is InChI=1S/C17H18N4O2/c1-11-4-3-5-14-12(8-19-15(11)14)6-7-18-16(22)13-9-20-17(23-2)21-10-13/h3-5,8-10,19H,6-7H2,1-2H3,(H,18,22). The molecule has 0 saturated carbocycles. The number of amides is 1. The summed E-state index contributed by atoms with van der Waals surface area (Å²) in [6, 6.07) is 6.46. The van der Waals surface area contributed by atoms with Gasteiger partial charge in [-0.1, -0.05) is 18.2 Å². The number of benzene rings is 1. The summed E-state index contributed by atoms with van der Waals surface area (Å²) in [7, 11) is 1.48. The fourth-order valence-corrected chi connectivity index (χ4v) is 2.52. The third-order valence-electron chi connectivity index (χ3n) is 3.76. The van der Waals surface area contributed by atoms with E-state index in [0.717, 1.165) is 11.9 Å². The van der Waals surface area contributed by atoms with E-state index in [1.54, 1.807) is 0 Å². The van der Waals surface area contributed by atoms with Gasteiger partial charge in [0.25, 0.3) is 5.91 Å². The van der Waals surface area contributed by atoms with E-state index in [1.165, 1.54) is 36.0 Å². The van der Waals surface area contributed by atoms with E-state index in [0.29, 0.717) is 12.1 Å². The van der Waals surface area contributed by atoms with Crippen molar-refractivity contribution >= 4 is 16.8 Å². The highest BCUT2D eigenvalue weighted by molar-refractivity contribution is 5.93. The number of aryl methyl sites for hydroxylation is 1. The molecule has 6 heteroatoms. The van der Waals surface area contributed by atoms with Crippen LogP contribution in [0.25, 0.3) is 10.9 Å². The molecule has 1 amide bonds. The summed E-state index contributed by atoms with van der Waals surface area (Å²) >= 11 is 0. The van der Waals surface area contributed by atoms with Gasteiger partial charge >= 0.3 is 6.01 Å². The van der Waals surface area contributed by atoms with Crippen molar-refractivity contribution in [2.45, 2.75) is 13.3 Å². The molecule has 1 aromatic carbocycles. The fourth-order valence-electron chi connectivity index (χ4n) is 2.52. The molecule has 2 aromatic heterocycles. The van der Waals surface area contributed by atoms with Gasteiger partial charge in [0.05, 0.1) is 12.7 Å². The summed E-state index contributed by atoms with van der Waals surface area (Å²) in [4.78, 5) is 23.2. The molecular formula is C17H18N4O2. The van der Waals surface area contributed by atoms with Crippen LogP contribution in [0.5, 0.6) is 6.01 Å². The number of nitrogens with zero attached hydrogens (tertiary/aromatic N) is 2. The number of rotatable bonds is 5. The fraction of sp³-hybridized carbons (Fsp3) is 0.235. The van der Waals surface area contributed by atoms with Crippen LogP contribution >= 0.6 is 0 Å². The Morgan fingerprint density at radius 2 is 2.09 bits per heavy atom.